The van der Waals surface area contributed by atoms with Crippen molar-refractivity contribution in [2.75, 3.05) is 6.61 Å². The van der Waals surface area contributed by atoms with E-state index in [2.05, 4.69) is 20.8 Å². The Labute approximate surface area is 126 Å². The molecular formula is C17H25FO3. The minimum Gasteiger partial charge on any atom is -0.508 e. The maximum absolute atomic E-state index is 13.5. The van der Waals surface area contributed by atoms with Gasteiger partial charge in [-0.2, -0.15) is 0 Å². The third kappa shape index (κ3) is 6.61. The van der Waals surface area contributed by atoms with Gasteiger partial charge in [0, 0.05) is 6.07 Å². The summed E-state index contributed by atoms with van der Waals surface area (Å²) in [7, 11) is 0. The molecule has 0 spiro atoms. The smallest absolute Gasteiger partial charge is 0.341 e. The first-order chi connectivity index (χ1) is 9.90. The van der Waals surface area contributed by atoms with Gasteiger partial charge in [-0.1, -0.05) is 40.0 Å². The minimum atomic E-state index is -0.759. The Morgan fingerprint density at radius 1 is 1.24 bits per heavy atom. The fraction of sp³-hybridized carbons (Fsp3) is 0.588. The van der Waals surface area contributed by atoms with E-state index in [1.165, 1.54) is 25.0 Å². The number of ether oxygens (including phenoxy) is 1. The van der Waals surface area contributed by atoms with E-state index in [4.69, 9.17) is 9.84 Å². The van der Waals surface area contributed by atoms with Crippen molar-refractivity contribution in [2.24, 2.45) is 11.8 Å². The van der Waals surface area contributed by atoms with Crippen LogP contribution in [0, 0.1) is 17.7 Å². The van der Waals surface area contributed by atoms with Crippen LogP contribution in [0.15, 0.2) is 18.2 Å². The molecule has 1 N–H and O–H groups in total. The number of halogens is 1. The number of hydrogen-bond acceptors (Lipinski definition) is 3. The van der Waals surface area contributed by atoms with Crippen LogP contribution in [0.5, 0.6) is 5.75 Å². The molecule has 0 aliphatic rings. The van der Waals surface area contributed by atoms with Gasteiger partial charge in [0.25, 0.3) is 0 Å². The molecule has 0 aromatic heterocycles. The highest BCUT2D eigenvalue weighted by Gasteiger charge is 2.14. The second-order valence-electron chi connectivity index (χ2n) is 6.02. The topological polar surface area (TPSA) is 46.5 Å². The van der Waals surface area contributed by atoms with Crippen molar-refractivity contribution in [3.8, 4) is 5.75 Å². The summed E-state index contributed by atoms with van der Waals surface area (Å²) in [5.74, 6) is -0.441. The van der Waals surface area contributed by atoms with Crippen LogP contribution >= 0.6 is 0 Å². The Hall–Kier alpha value is -1.58. The van der Waals surface area contributed by atoms with Crippen LogP contribution in [0.4, 0.5) is 4.39 Å². The average Bonchev–Trinajstić information content (AvgIpc) is 2.37. The highest BCUT2D eigenvalue weighted by molar-refractivity contribution is 5.89. The molecule has 21 heavy (non-hydrogen) atoms. The molecule has 1 unspecified atom stereocenters. The number of rotatable bonds is 8. The third-order valence-electron chi connectivity index (χ3n) is 3.49. The van der Waals surface area contributed by atoms with E-state index in [9.17, 15) is 9.18 Å². The van der Waals surface area contributed by atoms with E-state index in [0.29, 0.717) is 18.4 Å². The van der Waals surface area contributed by atoms with Crippen LogP contribution < -0.4 is 0 Å². The van der Waals surface area contributed by atoms with Crippen LogP contribution in [-0.4, -0.2) is 17.7 Å². The van der Waals surface area contributed by atoms with Gasteiger partial charge in [-0.3, -0.25) is 0 Å². The molecule has 1 atom stereocenters. The first-order valence-corrected chi connectivity index (χ1v) is 7.55. The molecule has 0 amide bonds. The Morgan fingerprint density at radius 3 is 2.57 bits per heavy atom. The van der Waals surface area contributed by atoms with Gasteiger partial charge in [0.05, 0.1) is 12.2 Å². The second kappa shape index (κ2) is 8.65. The number of esters is 1. The van der Waals surface area contributed by atoms with Crippen LogP contribution in [-0.2, 0) is 4.74 Å². The fourth-order valence-electron chi connectivity index (χ4n) is 2.12. The van der Waals surface area contributed by atoms with Gasteiger partial charge in [-0.25, -0.2) is 9.18 Å². The molecular weight excluding hydrogens is 271 g/mol. The molecule has 1 rings (SSSR count). The number of carbonyl (C=O) groups is 1. The lowest BCUT2D eigenvalue weighted by atomic mass is 9.98. The summed E-state index contributed by atoms with van der Waals surface area (Å²) in [6, 6.07) is 3.42. The van der Waals surface area contributed by atoms with E-state index < -0.39 is 11.8 Å². The lowest BCUT2D eigenvalue weighted by Crippen LogP contribution is -2.10. The Balaban J connectivity index is 2.30. The molecule has 0 radical (unpaired) electrons. The first-order valence-electron chi connectivity index (χ1n) is 7.55. The quantitative estimate of drug-likeness (QED) is 0.716. The number of hydrogen-bond donors (Lipinski definition) is 1. The summed E-state index contributed by atoms with van der Waals surface area (Å²) in [6.07, 6.45) is 4.29. The van der Waals surface area contributed by atoms with Crippen LogP contribution in [0.3, 0.4) is 0 Å². The summed E-state index contributed by atoms with van der Waals surface area (Å²) in [5.41, 5.74) is -0.139. The van der Waals surface area contributed by atoms with E-state index in [0.717, 1.165) is 18.9 Å². The normalized spacial score (nSPS) is 12.4. The van der Waals surface area contributed by atoms with Crippen molar-refractivity contribution in [3.05, 3.63) is 29.6 Å². The van der Waals surface area contributed by atoms with Crippen molar-refractivity contribution >= 4 is 5.97 Å². The molecule has 0 bridgehead atoms. The van der Waals surface area contributed by atoms with Gasteiger partial charge in [-0.15, -0.1) is 0 Å². The van der Waals surface area contributed by atoms with E-state index >= 15 is 0 Å². The molecule has 0 heterocycles. The van der Waals surface area contributed by atoms with Crippen molar-refractivity contribution in [1.82, 2.24) is 0 Å². The summed E-state index contributed by atoms with van der Waals surface area (Å²) in [5, 5.41) is 9.10. The van der Waals surface area contributed by atoms with Crippen molar-refractivity contribution < 1.29 is 19.0 Å². The number of benzene rings is 1. The predicted molar refractivity (Wildman–Crippen MR) is 80.8 cm³/mol. The van der Waals surface area contributed by atoms with Crippen LogP contribution in [0.2, 0.25) is 0 Å². The Bertz CT molecular complexity index is 457. The molecule has 0 aliphatic carbocycles. The molecule has 1 aromatic rings. The maximum atomic E-state index is 13.5. The summed E-state index contributed by atoms with van der Waals surface area (Å²) in [6.45, 7) is 6.84. The van der Waals surface area contributed by atoms with Crippen LogP contribution in [0.1, 0.15) is 56.8 Å². The van der Waals surface area contributed by atoms with E-state index in [-0.39, 0.29) is 11.3 Å². The lowest BCUT2D eigenvalue weighted by Gasteiger charge is -2.12. The molecule has 118 valence electrons. The number of carbonyl (C=O) groups excluding carboxylic acids is 1. The van der Waals surface area contributed by atoms with E-state index in [1.807, 2.05) is 0 Å². The largest absolute Gasteiger partial charge is 0.508 e. The highest BCUT2D eigenvalue weighted by atomic mass is 19.1. The van der Waals surface area contributed by atoms with Gasteiger partial charge < -0.3 is 9.84 Å². The maximum Gasteiger partial charge on any atom is 0.341 e. The van der Waals surface area contributed by atoms with Gasteiger partial charge in [0.1, 0.15) is 11.6 Å². The average molecular weight is 296 g/mol. The molecule has 1 aromatic carbocycles. The lowest BCUT2D eigenvalue weighted by molar-refractivity contribution is 0.0478. The Morgan fingerprint density at radius 2 is 1.95 bits per heavy atom. The molecule has 0 aliphatic heterocycles. The van der Waals surface area contributed by atoms with E-state index in [1.54, 1.807) is 0 Å². The summed E-state index contributed by atoms with van der Waals surface area (Å²) < 4.78 is 18.6. The van der Waals surface area contributed by atoms with Crippen molar-refractivity contribution in [2.45, 2.75) is 46.5 Å². The monoisotopic (exact) mass is 296 g/mol. The minimum absolute atomic E-state index is 0.139. The first kappa shape index (κ1) is 17.5. The summed E-state index contributed by atoms with van der Waals surface area (Å²) in [4.78, 5) is 11.7. The van der Waals surface area contributed by atoms with Gasteiger partial charge >= 0.3 is 5.97 Å². The van der Waals surface area contributed by atoms with Gasteiger partial charge in [-0.05, 0) is 30.4 Å². The molecule has 4 heteroatoms. The number of aromatic hydroxyl groups is 1. The molecule has 0 fully saturated rings. The SMILES string of the molecule is CC(C)CCCC(C)CCOC(=O)c1ccc(O)cc1F. The summed E-state index contributed by atoms with van der Waals surface area (Å²) >= 11 is 0. The van der Waals surface area contributed by atoms with Crippen molar-refractivity contribution in [3.63, 3.8) is 0 Å². The standard InChI is InChI=1S/C17H25FO3/c1-12(2)5-4-6-13(3)9-10-21-17(20)15-8-7-14(19)11-16(15)18/h7-8,11-13,19H,4-6,9-10H2,1-3H3. The predicted octanol–water partition coefficient (Wildman–Crippen LogP) is 4.54. The number of phenolic OH excluding ortho intramolecular Hbond substituents is 1. The Kier molecular flexibility index (Phi) is 7.20. The molecule has 3 nitrogen and oxygen atoms in total. The van der Waals surface area contributed by atoms with Gasteiger partial charge in [0.2, 0.25) is 0 Å². The fourth-order valence-corrected chi connectivity index (χ4v) is 2.12. The highest BCUT2D eigenvalue weighted by Crippen LogP contribution is 2.17. The number of phenols is 1. The zero-order valence-electron chi connectivity index (χ0n) is 13.1. The second-order valence-corrected chi connectivity index (χ2v) is 6.02. The third-order valence-corrected chi connectivity index (χ3v) is 3.49. The zero-order valence-corrected chi connectivity index (χ0v) is 13.1. The molecule has 0 saturated heterocycles. The van der Waals surface area contributed by atoms with Gasteiger partial charge in [0.15, 0.2) is 0 Å². The van der Waals surface area contributed by atoms with Crippen molar-refractivity contribution in [1.29, 1.82) is 0 Å². The molecule has 0 saturated carbocycles. The zero-order chi connectivity index (χ0) is 15.8. The van der Waals surface area contributed by atoms with Crippen LogP contribution in [0.25, 0.3) is 0 Å².